The number of carbonyl (C=O) groups is 1. The lowest BCUT2D eigenvalue weighted by Gasteiger charge is -2.19. The van der Waals surface area contributed by atoms with Gasteiger partial charge in [0.05, 0.1) is 17.8 Å². The fourth-order valence-corrected chi connectivity index (χ4v) is 1.54. The molecule has 1 N–H and O–H groups in total. The van der Waals surface area contributed by atoms with E-state index in [9.17, 15) is 13.6 Å². The summed E-state index contributed by atoms with van der Waals surface area (Å²) in [4.78, 5) is 12.8. The number of benzene rings is 1. The fraction of sp³-hybridized carbons (Fsp3) is 0.385. The number of hydrogen-bond acceptors (Lipinski definition) is 3. The number of nitrogens with zero attached hydrogens (tertiary/aromatic N) is 2. The van der Waals surface area contributed by atoms with Gasteiger partial charge in [-0.1, -0.05) is 6.92 Å². The van der Waals surface area contributed by atoms with E-state index in [0.29, 0.717) is 6.54 Å². The lowest BCUT2D eigenvalue weighted by atomic mass is 10.2. The zero-order chi connectivity index (χ0) is 14.4. The Labute approximate surface area is 110 Å². The van der Waals surface area contributed by atoms with E-state index in [1.165, 1.54) is 24.1 Å². The summed E-state index contributed by atoms with van der Waals surface area (Å²) in [5.41, 5.74) is -0.409. The summed E-state index contributed by atoms with van der Waals surface area (Å²) < 4.78 is 27.1. The molecule has 1 aromatic rings. The third-order valence-electron chi connectivity index (χ3n) is 2.55. The largest absolute Gasteiger partial charge is 0.363 e. The van der Waals surface area contributed by atoms with E-state index in [1.54, 1.807) is 6.07 Å². The molecule has 0 heterocycles. The molecule has 1 rings (SSSR count). The minimum absolute atomic E-state index is 0.0526. The van der Waals surface area contributed by atoms with E-state index in [-0.39, 0.29) is 23.7 Å². The molecule has 0 spiro atoms. The highest BCUT2D eigenvalue weighted by atomic mass is 19.2. The summed E-state index contributed by atoms with van der Waals surface area (Å²) in [6, 6.07) is 4.03. The number of hydrogen-bond donors (Lipinski definition) is 1. The van der Waals surface area contributed by atoms with Crippen molar-refractivity contribution < 1.29 is 13.6 Å². The third-order valence-corrected chi connectivity index (χ3v) is 2.55. The Morgan fingerprint density at radius 1 is 1.42 bits per heavy atom. The summed E-state index contributed by atoms with van der Waals surface area (Å²) in [5, 5.41) is 11.2. The highest BCUT2D eigenvalue weighted by Gasteiger charge is 2.17. The van der Waals surface area contributed by atoms with Crippen LogP contribution in [0.15, 0.2) is 12.1 Å². The monoisotopic (exact) mass is 267 g/mol. The van der Waals surface area contributed by atoms with Crippen molar-refractivity contribution in [2.75, 3.05) is 25.0 Å². The lowest BCUT2D eigenvalue weighted by Crippen LogP contribution is -2.35. The number of nitrogens with one attached hydrogen (secondary N) is 1. The molecule has 0 bridgehead atoms. The maximum absolute atomic E-state index is 13.7. The van der Waals surface area contributed by atoms with Gasteiger partial charge >= 0.3 is 0 Å². The van der Waals surface area contributed by atoms with Gasteiger partial charge in [-0.25, -0.2) is 8.78 Å². The van der Waals surface area contributed by atoms with E-state index in [2.05, 4.69) is 5.32 Å². The van der Waals surface area contributed by atoms with E-state index >= 15 is 0 Å². The second kappa shape index (κ2) is 6.69. The molecule has 0 saturated carbocycles. The Bertz CT molecular complexity index is 511. The van der Waals surface area contributed by atoms with Crippen LogP contribution < -0.4 is 10.2 Å². The fourth-order valence-electron chi connectivity index (χ4n) is 1.54. The van der Waals surface area contributed by atoms with Crippen molar-refractivity contribution in [3.8, 4) is 6.07 Å². The van der Waals surface area contributed by atoms with Crippen molar-refractivity contribution >= 4 is 11.6 Å². The quantitative estimate of drug-likeness (QED) is 0.885. The van der Waals surface area contributed by atoms with Gasteiger partial charge < -0.3 is 10.2 Å². The molecule has 0 aliphatic carbocycles. The smallest absolute Gasteiger partial charge is 0.239 e. The topological polar surface area (TPSA) is 56.1 Å². The first-order valence-corrected chi connectivity index (χ1v) is 5.87. The van der Waals surface area contributed by atoms with Crippen molar-refractivity contribution in [2.24, 2.45) is 0 Å². The molecule has 0 aliphatic rings. The Morgan fingerprint density at radius 3 is 2.68 bits per heavy atom. The first-order chi connectivity index (χ1) is 9.01. The molecule has 0 fully saturated rings. The molecule has 0 radical (unpaired) electrons. The molecular weight excluding hydrogens is 252 g/mol. The van der Waals surface area contributed by atoms with Crippen LogP contribution in [0, 0.1) is 23.0 Å². The first-order valence-electron chi connectivity index (χ1n) is 5.87. The summed E-state index contributed by atoms with van der Waals surface area (Å²) in [6.07, 6.45) is 0.801. The van der Waals surface area contributed by atoms with Crippen LogP contribution in [0.2, 0.25) is 0 Å². The molecule has 1 amide bonds. The first kappa shape index (κ1) is 14.9. The van der Waals surface area contributed by atoms with Gasteiger partial charge in [-0.05, 0) is 18.6 Å². The van der Waals surface area contributed by atoms with Gasteiger partial charge in [0.1, 0.15) is 6.07 Å². The molecule has 0 unspecified atom stereocenters. The number of nitriles is 1. The summed E-state index contributed by atoms with van der Waals surface area (Å²) in [6.45, 7) is 2.37. The zero-order valence-corrected chi connectivity index (χ0v) is 10.8. The van der Waals surface area contributed by atoms with Crippen molar-refractivity contribution in [3.05, 3.63) is 29.3 Å². The highest BCUT2D eigenvalue weighted by molar-refractivity contribution is 5.81. The molecule has 0 atom stereocenters. The minimum atomic E-state index is -1.19. The Morgan fingerprint density at radius 2 is 2.11 bits per heavy atom. The lowest BCUT2D eigenvalue weighted by molar-refractivity contribution is -0.119. The summed E-state index contributed by atoms with van der Waals surface area (Å²) in [7, 11) is 1.48. The van der Waals surface area contributed by atoms with Crippen molar-refractivity contribution in [3.63, 3.8) is 0 Å². The highest BCUT2D eigenvalue weighted by Crippen LogP contribution is 2.22. The molecule has 19 heavy (non-hydrogen) atoms. The molecule has 102 valence electrons. The Balaban J connectivity index is 2.84. The van der Waals surface area contributed by atoms with Gasteiger partial charge in [-0.2, -0.15) is 5.26 Å². The minimum Gasteiger partial charge on any atom is -0.363 e. The van der Waals surface area contributed by atoms with Gasteiger partial charge in [0.15, 0.2) is 11.6 Å². The molecule has 6 heteroatoms. The van der Waals surface area contributed by atoms with Gasteiger partial charge in [-0.3, -0.25) is 4.79 Å². The van der Waals surface area contributed by atoms with E-state index in [1.807, 2.05) is 6.92 Å². The standard InChI is InChI=1S/C13H15F2N3O/c1-3-6-17-11(19)8-18(2)10-5-4-9(7-16)12(14)13(10)15/h4-5H,3,6,8H2,1-2H3,(H,17,19). The third kappa shape index (κ3) is 3.65. The molecule has 4 nitrogen and oxygen atoms in total. The molecule has 0 aromatic heterocycles. The van der Waals surface area contributed by atoms with Crippen LogP contribution in [0.1, 0.15) is 18.9 Å². The van der Waals surface area contributed by atoms with Crippen LogP contribution >= 0.6 is 0 Å². The van der Waals surface area contributed by atoms with Gasteiger partial charge in [0.2, 0.25) is 5.91 Å². The van der Waals surface area contributed by atoms with E-state index < -0.39 is 11.6 Å². The second-order valence-electron chi connectivity index (χ2n) is 4.08. The molecular formula is C13H15F2N3O. The average Bonchev–Trinajstić information content (AvgIpc) is 2.39. The van der Waals surface area contributed by atoms with Gasteiger partial charge in [-0.15, -0.1) is 0 Å². The van der Waals surface area contributed by atoms with Gasteiger partial charge in [0.25, 0.3) is 0 Å². The van der Waals surface area contributed by atoms with Crippen LogP contribution in [-0.2, 0) is 4.79 Å². The number of halogens is 2. The van der Waals surface area contributed by atoms with Crippen LogP contribution in [0.5, 0.6) is 0 Å². The summed E-state index contributed by atoms with van der Waals surface area (Å²) in [5.74, 6) is -2.58. The van der Waals surface area contributed by atoms with Gasteiger partial charge in [0, 0.05) is 13.6 Å². The van der Waals surface area contributed by atoms with E-state index in [4.69, 9.17) is 5.26 Å². The zero-order valence-electron chi connectivity index (χ0n) is 10.8. The predicted octanol–water partition coefficient (Wildman–Crippen LogP) is 1.80. The maximum atomic E-state index is 13.7. The number of rotatable bonds is 5. The van der Waals surface area contributed by atoms with Crippen LogP contribution in [0.25, 0.3) is 0 Å². The van der Waals surface area contributed by atoms with Crippen molar-refractivity contribution in [2.45, 2.75) is 13.3 Å². The SMILES string of the molecule is CCCNC(=O)CN(C)c1ccc(C#N)c(F)c1F. The van der Waals surface area contributed by atoms with Crippen LogP contribution in [0.3, 0.4) is 0 Å². The number of carbonyl (C=O) groups excluding carboxylic acids is 1. The summed E-state index contributed by atoms with van der Waals surface area (Å²) >= 11 is 0. The Kier molecular flexibility index (Phi) is 5.24. The molecule has 1 aromatic carbocycles. The van der Waals surface area contributed by atoms with Crippen molar-refractivity contribution in [1.29, 1.82) is 5.26 Å². The number of likely N-dealkylation sites (N-methyl/N-ethyl adjacent to an activating group) is 1. The normalized spacial score (nSPS) is 9.84. The van der Waals surface area contributed by atoms with E-state index in [0.717, 1.165) is 6.42 Å². The number of amides is 1. The second-order valence-corrected chi connectivity index (χ2v) is 4.08. The number of anilines is 1. The van der Waals surface area contributed by atoms with Crippen molar-refractivity contribution in [1.82, 2.24) is 5.32 Å². The molecule has 0 saturated heterocycles. The van der Waals surface area contributed by atoms with Crippen LogP contribution in [-0.4, -0.2) is 26.0 Å². The predicted molar refractivity (Wildman–Crippen MR) is 67.6 cm³/mol. The average molecular weight is 267 g/mol. The Hall–Kier alpha value is -2.16. The molecule has 0 aliphatic heterocycles. The van der Waals surface area contributed by atoms with Crippen LogP contribution in [0.4, 0.5) is 14.5 Å². The maximum Gasteiger partial charge on any atom is 0.239 e.